The molecule has 1 aliphatic carbocycles. The number of ketones is 1. The van der Waals surface area contributed by atoms with E-state index in [2.05, 4.69) is 0 Å². The normalized spacial score (nSPS) is 19.7. The van der Waals surface area contributed by atoms with Crippen molar-refractivity contribution in [2.24, 2.45) is 5.92 Å². The summed E-state index contributed by atoms with van der Waals surface area (Å²) < 4.78 is 11.0. The molecule has 0 spiro atoms. The second-order valence-corrected chi connectivity index (χ2v) is 5.55. The van der Waals surface area contributed by atoms with Crippen LogP contribution in [0.1, 0.15) is 38.4 Å². The molecule has 4 nitrogen and oxygen atoms in total. The van der Waals surface area contributed by atoms with Crippen LogP contribution in [0.5, 0.6) is 11.5 Å². The van der Waals surface area contributed by atoms with E-state index in [4.69, 9.17) is 9.47 Å². The van der Waals surface area contributed by atoms with Gasteiger partial charge < -0.3 is 14.6 Å². The molecule has 0 radical (unpaired) electrons. The van der Waals surface area contributed by atoms with E-state index in [1.54, 1.807) is 25.3 Å². The zero-order valence-corrected chi connectivity index (χ0v) is 12.7. The van der Waals surface area contributed by atoms with Gasteiger partial charge in [0.15, 0.2) is 17.3 Å². The fourth-order valence-corrected chi connectivity index (χ4v) is 2.45. The lowest BCUT2D eigenvalue weighted by Crippen LogP contribution is -2.16. The lowest BCUT2D eigenvalue weighted by Gasteiger charge is -2.23. The first-order chi connectivity index (χ1) is 10.0. The second kappa shape index (κ2) is 6.76. The molecule has 21 heavy (non-hydrogen) atoms. The zero-order valence-electron chi connectivity index (χ0n) is 12.7. The highest BCUT2D eigenvalue weighted by atomic mass is 16.5. The maximum atomic E-state index is 11.2. The lowest BCUT2D eigenvalue weighted by atomic mass is 9.87. The molecule has 2 rings (SSSR count). The van der Waals surface area contributed by atoms with Crippen molar-refractivity contribution in [2.45, 2.75) is 38.9 Å². The molecular formula is C17H22O4. The zero-order chi connectivity index (χ0) is 15.4. The van der Waals surface area contributed by atoms with E-state index in [9.17, 15) is 9.90 Å². The minimum Gasteiger partial charge on any atom is -0.493 e. The molecule has 0 saturated heterocycles. The van der Waals surface area contributed by atoms with Gasteiger partial charge in [-0.05, 0) is 44.0 Å². The monoisotopic (exact) mass is 290 g/mol. The Bertz CT molecular complexity index is 534. The number of carbonyl (C=O) groups is 1. The number of aliphatic hydroxyl groups excluding tert-OH is 1. The first-order valence-corrected chi connectivity index (χ1v) is 7.25. The van der Waals surface area contributed by atoms with Crippen LogP contribution in [0.4, 0.5) is 0 Å². The summed E-state index contributed by atoms with van der Waals surface area (Å²) in [4.78, 5) is 11.2. The van der Waals surface area contributed by atoms with Crippen LogP contribution in [-0.4, -0.2) is 24.1 Å². The summed E-state index contributed by atoms with van der Waals surface area (Å²) in [6.45, 7) is 3.88. The van der Waals surface area contributed by atoms with Gasteiger partial charge in [0.1, 0.15) is 0 Å². The SMILES string of the molecule is COc1ccc(C(O)C2C=CC(=O)CC2)cc1OC(C)C. The number of ether oxygens (including phenoxy) is 2. The molecule has 1 N–H and O–H groups in total. The van der Waals surface area contributed by atoms with Crippen LogP contribution in [0, 0.1) is 5.92 Å². The molecule has 2 atom stereocenters. The van der Waals surface area contributed by atoms with Crippen LogP contribution in [-0.2, 0) is 4.79 Å². The third kappa shape index (κ3) is 3.85. The van der Waals surface area contributed by atoms with E-state index in [-0.39, 0.29) is 17.8 Å². The van der Waals surface area contributed by atoms with E-state index in [0.717, 1.165) is 5.56 Å². The molecule has 0 aromatic heterocycles. The van der Waals surface area contributed by atoms with Gasteiger partial charge in [-0.1, -0.05) is 12.1 Å². The molecule has 0 saturated carbocycles. The van der Waals surface area contributed by atoms with Crippen molar-refractivity contribution in [3.8, 4) is 11.5 Å². The summed E-state index contributed by atoms with van der Waals surface area (Å²) in [6.07, 6.45) is 3.90. The number of rotatable bonds is 5. The van der Waals surface area contributed by atoms with Crippen LogP contribution in [0.25, 0.3) is 0 Å². The molecule has 1 aromatic rings. The van der Waals surface area contributed by atoms with Crippen LogP contribution in [0.2, 0.25) is 0 Å². The number of aliphatic hydroxyl groups is 1. The Balaban J connectivity index is 2.23. The fourth-order valence-electron chi connectivity index (χ4n) is 2.45. The number of allylic oxidation sites excluding steroid dienone is 1. The Morgan fingerprint density at radius 1 is 1.29 bits per heavy atom. The van der Waals surface area contributed by atoms with E-state index in [1.807, 2.05) is 26.0 Å². The Labute approximate surface area is 125 Å². The van der Waals surface area contributed by atoms with Gasteiger partial charge in [0.05, 0.1) is 19.3 Å². The summed E-state index contributed by atoms with van der Waals surface area (Å²) in [5, 5.41) is 10.5. The number of hydrogen-bond donors (Lipinski definition) is 1. The highest BCUT2D eigenvalue weighted by Crippen LogP contribution is 2.35. The predicted molar refractivity (Wildman–Crippen MR) is 80.6 cm³/mol. The van der Waals surface area contributed by atoms with Crippen molar-refractivity contribution >= 4 is 5.78 Å². The minimum atomic E-state index is -0.644. The van der Waals surface area contributed by atoms with Crippen molar-refractivity contribution in [3.05, 3.63) is 35.9 Å². The molecule has 0 aliphatic heterocycles. The number of hydrogen-bond acceptors (Lipinski definition) is 4. The summed E-state index contributed by atoms with van der Waals surface area (Å²) in [5.41, 5.74) is 0.774. The Kier molecular flexibility index (Phi) is 5.02. The first-order valence-electron chi connectivity index (χ1n) is 7.25. The Morgan fingerprint density at radius 2 is 2.05 bits per heavy atom. The van der Waals surface area contributed by atoms with Crippen molar-refractivity contribution in [1.29, 1.82) is 0 Å². The highest BCUT2D eigenvalue weighted by molar-refractivity contribution is 5.90. The largest absolute Gasteiger partial charge is 0.493 e. The summed E-state index contributed by atoms with van der Waals surface area (Å²) >= 11 is 0. The first kappa shape index (κ1) is 15.6. The maximum Gasteiger partial charge on any atom is 0.161 e. The van der Waals surface area contributed by atoms with Gasteiger partial charge in [0, 0.05) is 12.3 Å². The van der Waals surface area contributed by atoms with Gasteiger partial charge in [-0.2, -0.15) is 0 Å². The average molecular weight is 290 g/mol. The van der Waals surface area contributed by atoms with E-state index < -0.39 is 6.10 Å². The Morgan fingerprint density at radius 3 is 2.62 bits per heavy atom. The van der Waals surface area contributed by atoms with Crippen molar-refractivity contribution in [3.63, 3.8) is 0 Å². The molecule has 1 aromatic carbocycles. The average Bonchev–Trinajstić information content (AvgIpc) is 2.46. The second-order valence-electron chi connectivity index (χ2n) is 5.55. The number of methoxy groups -OCH3 is 1. The van der Waals surface area contributed by atoms with Gasteiger partial charge in [0.2, 0.25) is 0 Å². The van der Waals surface area contributed by atoms with Crippen LogP contribution in [0.3, 0.4) is 0 Å². The van der Waals surface area contributed by atoms with E-state index in [0.29, 0.717) is 24.3 Å². The van der Waals surface area contributed by atoms with E-state index >= 15 is 0 Å². The summed E-state index contributed by atoms with van der Waals surface area (Å²) in [6, 6.07) is 5.45. The highest BCUT2D eigenvalue weighted by Gasteiger charge is 2.23. The standard InChI is InChI=1S/C17H22O4/c1-11(2)21-16-10-13(6-9-15(16)20-3)17(19)12-4-7-14(18)8-5-12/h4,6-7,9-12,17,19H,5,8H2,1-3H3. The lowest BCUT2D eigenvalue weighted by molar-refractivity contribution is -0.115. The number of carbonyl (C=O) groups excluding carboxylic acids is 1. The summed E-state index contributed by atoms with van der Waals surface area (Å²) in [7, 11) is 1.59. The summed E-state index contributed by atoms with van der Waals surface area (Å²) in [5.74, 6) is 1.36. The quantitative estimate of drug-likeness (QED) is 0.905. The predicted octanol–water partition coefficient (Wildman–Crippen LogP) is 3.05. The van der Waals surface area contributed by atoms with Crippen molar-refractivity contribution in [1.82, 2.24) is 0 Å². The maximum absolute atomic E-state index is 11.2. The fraction of sp³-hybridized carbons (Fsp3) is 0.471. The van der Waals surface area contributed by atoms with Gasteiger partial charge >= 0.3 is 0 Å². The molecule has 0 heterocycles. The smallest absolute Gasteiger partial charge is 0.161 e. The Hall–Kier alpha value is -1.81. The van der Waals surface area contributed by atoms with Gasteiger partial charge in [-0.3, -0.25) is 4.79 Å². The van der Waals surface area contributed by atoms with Crippen LogP contribution >= 0.6 is 0 Å². The molecule has 1 aliphatic rings. The van der Waals surface area contributed by atoms with Gasteiger partial charge in [-0.15, -0.1) is 0 Å². The van der Waals surface area contributed by atoms with Gasteiger partial charge in [0.25, 0.3) is 0 Å². The van der Waals surface area contributed by atoms with Crippen molar-refractivity contribution in [2.75, 3.05) is 7.11 Å². The minimum absolute atomic E-state index is 0.0264. The topological polar surface area (TPSA) is 55.8 Å². The van der Waals surface area contributed by atoms with Crippen LogP contribution in [0.15, 0.2) is 30.4 Å². The number of benzene rings is 1. The van der Waals surface area contributed by atoms with Gasteiger partial charge in [-0.25, -0.2) is 0 Å². The molecule has 2 unspecified atom stereocenters. The molecule has 0 bridgehead atoms. The van der Waals surface area contributed by atoms with Crippen molar-refractivity contribution < 1.29 is 19.4 Å². The molecular weight excluding hydrogens is 268 g/mol. The third-order valence-corrected chi connectivity index (χ3v) is 3.55. The molecule has 0 fully saturated rings. The molecule has 0 amide bonds. The van der Waals surface area contributed by atoms with E-state index in [1.165, 1.54) is 0 Å². The molecule has 114 valence electrons. The molecule has 4 heteroatoms. The third-order valence-electron chi connectivity index (χ3n) is 3.55. The van der Waals surface area contributed by atoms with Crippen LogP contribution < -0.4 is 9.47 Å².